The van der Waals surface area contributed by atoms with Gasteiger partial charge in [0.2, 0.25) is 0 Å². The van der Waals surface area contributed by atoms with Gasteiger partial charge in [0.05, 0.1) is 13.2 Å². The van der Waals surface area contributed by atoms with Crippen LogP contribution in [0.2, 0.25) is 0 Å². The van der Waals surface area contributed by atoms with Crippen LogP contribution in [0.15, 0.2) is 35.7 Å². The van der Waals surface area contributed by atoms with Crippen LogP contribution in [0.3, 0.4) is 0 Å². The van der Waals surface area contributed by atoms with Gasteiger partial charge in [-0.2, -0.15) is 0 Å². The third-order valence-corrected chi connectivity index (χ3v) is 5.11. The molecule has 0 saturated heterocycles. The van der Waals surface area contributed by atoms with E-state index in [0.717, 1.165) is 17.7 Å². The highest BCUT2D eigenvalue weighted by atomic mass is 32.1. The Bertz CT molecular complexity index is 579. The van der Waals surface area contributed by atoms with Gasteiger partial charge in [-0.25, -0.2) is 0 Å². The summed E-state index contributed by atoms with van der Waals surface area (Å²) in [6.07, 6.45) is 3.09. The Balaban J connectivity index is 1.60. The number of hydrogen-bond donors (Lipinski definition) is 2. The highest BCUT2D eigenvalue weighted by molar-refractivity contribution is 7.10. The third-order valence-electron chi connectivity index (χ3n) is 4.11. The van der Waals surface area contributed by atoms with Crippen LogP contribution in [0.4, 0.5) is 0 Å². The molecular weight excluding hydrogens is 282 g/mol. The van der Waals surface area contributed by atoms with Gasteiger partial charge in [-0.15, -0.1) is 11.3 Å². The van der Waals surface area contributed by atoms with Crippen molar-refractivity contribution < 1.29 is 9.84 Å². The van der Waals surface area contributed by atoms with Crippen LogP contribution in [0.25, 0.3) is 0 Å². The maximum absolute atomic E-state index is 10.3. The van der Waals surface area contributed by atoms with E-state index in [4.69, 9.17) is 4.74 Å². The molecule has 4 heteroatoms. The normalized spacial score (nSPS) is 19.0. The van der Waals surface area contributed by atoms with Crippen LogP contribution >= 0.6 is 11.3 Å². The fraction of sp³-hybridized carbons (Fsp3) is 0.412. The molecule has 1 aromatic heterocycles. The number of rotatable bonds is 5. The second-order valence-corrected chi connectivity index (χ2v) is 6.44. The molecule has 21 heavy (non-hydrogen) atoms. The van der Waals surface area contributed by atoms with Crippen molar-refractivity contribution in [1.82, 2.24) is 5.32 Å². The first-order valence-corrected chi connectivity index (χ1v) is 8.27. The molecule has 1 heterocycles. The predicted molar refractivity (Wildman–Crippen MR) is 86.0 cm³/mol. The smallest absolute Gasteiger partial charge is 0.118 e. The lowest BCUT2D eigenvalue weighted by molar-refractivity contribution is 0.168. The lowest BCUT2D eigenvalue weighted by Crippen LogP contribution is -2.28. The number of nitrogens with one attached hydrogen (secondary N) is 1. The molecule has 1 aliphatic carbocycles. The van der Waals surface area contributed by atoms with Crippen molar-refractivity contribution in [3.05, 3.63) is 51.7 Å². The Morgan fingerprint density at radius 1 is 1.33 bits per heavy atom. The van der Waals surface area contributed by atoms with E-state index < -0.39 is 6.10 Å². The second-order valence-electron chi connectivity index (χ2n) is 5.44. The van der Waals surface area contributed by atoms with Gasteiger partial charge in [-0.3, -0.25) is 0 Å². The molecule has 1 aromatic carbocycles. The van der Waals surface area contributed by atoms with Crippen molar-refractivity contribution in [2.45, 2.75) is 31.4 Å². The highest BCUT2D eigenvalue weighted by Gasteiger charge is 2.21. The molecule has 0 aliphatic heterocycles. The first-order chi connectivity index (χ1) is 10.3. The first kappa shape index (κ1) is 14.6. The van der Waals surface area contributed by atoms with Crippen LogP contribution in [0.1, 0.15) is 41.0 Å². The average Bonchev–Trinajstić information content (AvgIpc) is 3.02. The van der Waals surface area contributed by atoms with Gasteiger partial charge in [0, 0.05) is 17.5 Å². The Labute approximate surface area is 129 Å². The zero-order valence-corrected chi connectivity index (χ0v) is 13.0. The number of benzene rings is 1. The van der Waals surface area contributed by atoms with Crippen LogP contribution in [0, 0.1) is 0 Å². The number of aryl methyl sites for hydroxylation is 1. The summed E-state index contributed by atoms with van der Waals surface area (Å²) in [5.74, 6) is 0.814. The number of methoxy groups -OCH3 is 1. The van der Waals surface area contributed by atoms with E-state index >= 15 is 0 Å². The number of fused-ring (bicyclic) bond motifs is 1. The standard InChI is InChI=1S/C17H21NO2S/c1-20-13-7-5-12(6-8-13)16(19)11-18-15-3-2-4-17-14(15)9-10-21-17/h5-10,15-16,18-19H,2-4,11H2,1H3. The second kappa shape index (κ2) is 6.60. The number of aliphatic hydroxyl groups excluding tert-OH is 1. The van der Waals surface area contributed by atoms with Gasteiger partial charge >= 0.3 is 0 Å². The summed E-state index contributed by atoms with van der Waals surface area (Å²) >= 11 is 1.85. The molecule has 2 aromatic rings. The van der Waals surface area contributed by atoms with Crippen LogP contribution in [-0.2, 0) is 6.42 Å². The zero-order valence-electron chi connectivity index (χ0n) is 12.2. The number of hydrogen-bond acceptors (Lipinski definition) is 4. The minimum Gasteiger partial charge on any atom is -0.497 e. The van der Waals surface area contributed by atoms with Gasteiger partial charge in [0.25, 0.3) is 0 Å². The monoisotopic (exact) mass is 303 g/mol. The molecule has 112 valence electrons. The van der Waals surface area contributed by atoms with Crippen molar-refractivity contribution in [2.75, 3.05) is 13.7 Å². The average molecular weight is 303 g/mol. The quantitative estimate of drug-likeness (QED) is 0.889. The molecule has 1 aliphatic rings. The van der Waals surface area contributed by atoms with Gasteiger partial charge < -0.3 is 15.2 Å². The largest absolute Gasteiger partial charge is 0.497 e. The predicted octanol–water partition coefficient (Wildman–Crippen LogP) is 3.46. The fourth-order valence-electron chi connectivity index (χ4n) is 2.90. The fourth-order valence-corrected chi connectivity index (χ4v) is 3.88. The lowest BCUT2D eigenvalue weighted by Gasteiger charge is -2.25. The molecule has 2 unspecified atom stereocenters. The van der Waals surface area contributed by atoms with E-state index in [1.165, 1.54) is 23.3 Å². The summed E-state index contributed by atoms with van der Waals surface area (Å²) in [6, 6.07) is 10.2. The zero-order chi connectivity index (χ0) is 14.7. The summed E-state index contributed by atoms with van der Waals surface area (Å²) in [7, 11) is 1.65. The Hall–Kier alpha value is -1.36. The Morgan fingerprint density at radius 2 is 2.14 bits per heavy atom. The molecule has 2 N–H and O–H groups in total. The van der Waals surface area contributed by atoms with Crippen LogP contribution in [0.5, 0.6) is 5.75 Å². The lowest BCUT2D eigenvalue weighted by atomic mass is 9.94. The van der Waals surface area contributed by atoms with Crippen molar-refractivity contribution in [2.24, 2.45) is 0 Å². The van der Waals surface area contributed by atoms with Gasteiger partial charge in [0.1, 0.15) is 5.75 Å². The summed E-state index contributed by atoms with van der Waals surface area (Å²) in [6.45, 7) is 0.576. The molecule has 0 saturated carbocycles. The summed E-state index contributed by atoms with van der Waals surface area (Å²) in [5.41, 5.74) is 2.35. The molecule has 0 spiro atoms. The van der Waals surface area contributed by atoms with Gasteiger partial charge in [0.15, 0.2) is 0 Å². The number of aliphatic hydroxyl groups is 1. The summed E-state index contributed by atoms with van der Waals surface area (Å²) in [4.78, 5) is 1.50. The summed E-state index contributed by atoms with van der Waals surface area (Å²) < 4.78 is 5.14. The first-order valence-electron chi connectivity index (χ1n) is 7.39. The molecule has 3 nitrogen and oxygen atoms in total. The SMILES string of the molecule is COc1ccc(C(O)CNC2CCCc3sccc32)cc1. The Morgan fingerprint density at radius 3 is 2.90 bits per heavy atom. The van der Waals surface area contributed by atoms with Crippen molar-refractivity contribution in [3.63, 3.8) is 0 Å². The molecular formula is C17H21NO2S. The van der Waals surface area contributed by atoms with Crippen molar-refractivity contribution in [3.8, 4) is 5.75 Å². The third kappa shape index (κ3) is 3.28. The van der Waals surface area contributed by atoms with Crippen LogP contribution < -0.4 is 10.1 Å². The van der Waals surface area contributed by atoms with E-state index in [9.17, 15) is 5.11 Å². The van der Waals surface area contributed by atoms with Crippen LogP contribution in [-0.4, -0.2) is 18.8 Å². The minimum atomic E-state index is -0.486. The molecule has 0 amide bonds. The number of ether oxygens (including phenoxy) is 1. The van der Waals surface area contributed by atoms with E-state index in [1.54, 1.807) is 7.11 Å². The maximum Gasteiger partial charge on any atom is 0.118 e. The molecule has 0 bridgehead atoms. The highest BCUT2D eigenvalue weighted by Crippen LogP contribution is 2.33. The minimum absolute atomic E-state index is 0.382. The number of thiophene rings is 1. The van der Waals surface area contributed by atoms with Gasteiger partial charge in [-0.1, -0.05) is 12.1 Å². The Kier molecular flexibility index (Phi) is 4.58. The molecule has 0 radical (unpaired) electrons. The van der Waals surface area contributed by atoms with Gasteiger partial charge in [-0.05, 0) is 54.0 Å². The topological polar surface area (TPSA) is 41.5 Å². The molecule has 3 rings (SSSR count). The van der Waals surface area contributed by atoms with E-state index in [0.29, 0.717) is 12.6 Å². The van der Waals surface area contributed by atoms with E-state index in [2.05, 4.69) is 16.8 Å². The summed E-state index contributed by atoms with van der Waals surface area (Å²) in [5, 5.41) is 16.0. The molecule has 2 atom stereocenters. The van der Waals surface area contributed by atoms with Crippen molar-refractivity contribution in [1.29, 1.82) is 0 Å². The molecule has 0 fully saturated rings. The van der Waals surface area contributed by atoms with Crippen molar-refractivity contribution >= 4 is 11.3 Å². The maximum atomic E-state index is 10.3. The van der Waals surface area contributed by atoms with E-state index in [1.807, 2.05) is 35.6 Å². The van der Waals surface area contributed by atoms with E-state index in [-0.39, 0.29) is 0 Å².